The Balaban J connectivity index is 1.52. The van der Waals surface area contributed by atoms with Gasteiger partial charge in [-0.15, -0.1) is 0 Å². The minimum Gasteiger partial charge on any atom is -0.464 e. The number of imidazole rings is 1. The molecule has 1 aliphatic carbocycles. The van der Waals surface area contributed by atoms with Crippen molar-refractivity contribution in [2.75, 3.05) is 31.8 Å². The number of anilines is 1. The van der Waals surface area contributed by atoms with Crippen molar-refractivity contribution < 1.29 is 14.3 Å². The lowest BCUT2D eigenvalue weighted by atomic mass is 9.81. The SMILES string of the molecule is COC(=O)c1cc2nc(N3CCOCC3c3ccccc3)n(CCC3CCC(C)CC3)c2c(-c2cncc(Cl)c2)n1. The third kappa shape index (κ3) is 5.81. The Morgan fingerprint density at radius 1 is 1.10 bits per heavy atom. The van der Waals surface area contributed by atoms with E-state index in [2.05, 4.69) is 45.6 Å². The minimum absolute atomic E-state index is 0.0142. The zero-order valence-electron chi connectivity index (χ0n) is 23.6. The van der Waals surface area contributed by atoms with Crippen molar-refractivity contribution in [1.29, 1.82) is 0 Å². The second kappa shape index (κ2) is 12.2. The summed E-state index contributed by atoms with van der Waals surface area (Å²) < 4.78 is 13.3. The van der Waals surface area contributed by atoms with E-state index in [1.807, 2.05) is 12.1 Å². The molecule has 4 heterocycles. The zero-order chi connectivity index (χ0) is 28.3. The van der Waals surface area contributed by atoms with Gasteiger partial charge < -0.3 is 18.9 Å². The van der Waals surface area contributed by atoms with Gasteiger partial charge in [0.1, 0.15) is 0 Å². The highest BCUT2D eigenvalue weighted by Gasteiger charge is 2.31. The topological polar surface area (TPSA) is 82.4 Å². The Hall–Kier alpha value is -3.49. The molecule has 0 amide bonds. The van der Waals surface area contributed by atoms with E-state index in [4.69, 9.17) is 31.0 Å². The average molecular weight is 574 g/mol. The van der Waals surface area contributed by atoms with E-state index >= 15 is 0 Å². The lowest BCUT2D eigenvalue weighted by molar-refractivity contribution is 0.0594. The Kier molecular flexibility index (Phi) is 8.21. The van der Waals surface area contributed by atoms with Gasteiger partial charge in [-0.1, -0.05) is 74.5 Å². The lowest BCUT2D eigenvalue weighted by Crippen LogP contribution is -2.41. The number of ether oxygens (including phenoxy) is 2. The average Bonchev–Trinajstić information content (AvgIpc) is 3.38. The molecule has 0 bridgehead atoms. The molecule has 1 saturated heterocycles. The molecular formula is C32H36ClN5O3. The van der Waals surface area contributed by atoms with Crippen LogP contribution in [0.2, 0.25) is 5.02 Å². The quantitative estimate of drug-likeness (QED) is 0.227. The fourth-order valence-electron chi connectivity index (χ4n) is 6.25. The number of benzene rings is 1. The highest BCUT2D eigenvalue weighted by atomic mass is 35.5. The number of morpholine rings is 1. The molecule has 2 aliphatic rings. The summed E-state index contributed by atoms with van der Waals surface area (Å²) in [5.41, 5.74) is 4.31. The van der Waals surface area contributed by atoms with E-state index in [1.54, 1.807) is 18.5 Å². The number of aryl methyl sites for hydroxylation is 1. The van der Waals surface area contributed by atoms with Gasteiger partial charge in [0.2, 0.25) is 5.95 Å². The maximum atomic E-state index is 12.7. The molecule has 1 aromatic carbocycles. The minimum atomic E-state index is -0.510. The maximum absolute atomic E-state index is 12.7. The summed E-state index contributed by atoms with van der Waals surface area (Å²) >= 11 is 6.38. The Morgan fingerprint density at radius 2 is 1.90 bits per heavy atom. The van der Waals surface area contributed by atoms with Crippen LogP contribution in [0.25, 0.3) is 22.3 Å². The first-order valence-electron chi connectivity index (χ1n) is 14.5. The van der Waals surface area contributed by atoms with Crippen LogP contribution < -0.4 is 4.90 Å². The van der Waals surface area contributed by atoms with Crippen LogP contribution >= 0.6 is 11.6 Å². The summed E-state index contributed by atoms with van der Waals surface area (Å²) in [5, 5.41) is 0.501. The van der Waals surface area contributed by atoms with Gasteiger partial charge in [0, 0.05) is 31.0 Å². The van der Waals surface area contributed by atoms with Gasteiger partial charge in [-0.3, -0.25) is 4.98 Å². The van der Waals surface area contributed by atoms with Gasteiger partial charge in [0.05, 0.1) is 48.1 Å². The van der Waals surface area contributed by atoms with Crippen LogP contribution in [0.4, 0.5) is 5.95 Å². The summed E-state index contributed by atoms with van der Waals surface area (Å²) in [7, 11) is 1.36. The fraction of sp³-hybridized carbons (Fsp3) is 0.438. The molecule has 1 atom stereocenters. The van der Waals surface area contributed by atoms with Crippen molar-refractivity contribution in [1.82, 2.24) is 19.5 Å². The zero-order valence-corrected chi connectivity index (χ0v) is 24.4. The van der Waals surface area contributed by atoms with Crippen LogP contribution in [0.1, 0.15) is 61.1 Å². The van der Waals surface area contributed by atoms with Crippen molar-refractivity contribution in [2.45, 2.75) is 51.6 Å². The number of pyridine rings is 2. The van der Waals surface area contributed by atoms with Crippen LogP contribution in [0.5, 0.6) is 0 Å². The van der Waals surface area contributed by atoms with E-state index in [0.717, 1.165) is 35.9 Å². The molecule has 1 aliphatic heterocycles. The largest absolute Gasteiger partial charge is 0.464 e. The van der Waals surface area contributed by atoms with Crippen molar-refractivity contribution in [2.24, 2.45) is 11.8 Å². The summed E-state index contributed by atoms with van der Waals surface area (Å²) in [4.78, 5) is 29.4. The molecule has 1 saturated carbocycles. The molecule has 2 fully saturated rings. The van der Waals surface area contributed by atoms with Crippen LogP contribution in [-0.4, -0.2) is 52.4 Å². The highest BCUT2D eigenvalue weighted by Crippen LogP contribution is 2.38. The number of fused-ring (bicyclic) bond motifs is 1. The number of carbonyl (C=O) groups excluding carboxylic acids is 1. The lowest BCUT2D eigenvalue weighted by Gasteiger charge is -2.37. The first-order chi connectivity index (χ1) is 20.0. The van der Waals surface area contributed by atoms with Crippen molar-refractivity contribution in [3.63, 3.8) is 0 Å². The van der Waals surface area contributed by atoms with E-state index in [0.29, 0.717) is 41.9 Å². The second-order valence-electron chi connectivity index (χ2n) is 11.3. The molecule has 214 valence electrons. The van der Waals surface area contributed by atoms with Crippen molar-refractivity contribution in [3.8, 4) is 11.3 Å². The van der Waals surface area contributed by atoms with Gasteiger partial charge in [-0.25, -0.2) is 14.8 Å². The van der Waals surface area contributed by atoms with E-state index < -0.39 is 5.97 Å². The first-order valence-corrected chi connectivity index (χ1v) is 14.9. The number of aromatic nitrogens is 4. The third-order valence-corrected chi connectivity index (χ3v) is 8.75. The predicted octanol–water partition coefficient (Wildman–Crippen LogP) is 6.73. The molecule has 41 heavy (non-hydrogen) atoms. The number of esters is 1. The first kappa shape index (κ1) is 27.7. The number of methoxy groups -OCH3 is 1. The van der Waals surface area contributed by atoms with E-state index in [9.17, 15) is 4.79 Å². The van der Waals surface area contributed by atoms with Gasteiger partial charge in [0.15, 0.2) is 5.69 Å². The Morgan fingerprint density at radius 3 is 2.66 bits per heavy atom. The van der Waals surface area contributed by atoms with Crippen molar-refractivity contribution >= 4 is 34.6 Å². The van der Waals surface area contributed by atoms with Gasteiger partial charge in [-0.05, 0) is 36.0 Å². The number of nitrogens with zero attached hydrogens (tertiary/aromatic N) is 5. The van der Waals surface area contributed by atoms with Crippen LogP contribution in [0.3, 0.4) is 0 Å². The monoisotopic (exact) mass is 573 g/mol. The summed E-state index contributed by atoms with van der Waals surface area (Å²) in [6, 6.07) is 14.0. The second-order valence-corrected chi connectivity index (χ2v) is 11.7. The number of hydrogen-bond acceptors (Lipinski definition) is 7. The number of rotatable bonds is 7. The molecule has 0 spiro atoms. The Bertz CT molecular complexity index is 1520. The van der Waals surface area contributed by atoms with Gasteiger partial charge >= 0.3 is 5.97 Å². The van der Waals surface area contributed by atoms with Gasteiger partial charge in [0.25, 0.3) is 0 Å². The number of halogens is 1. The normalized spacial score (nSPS) is 21.2. The molecular weight excluding hydrogens is 538 g/mol. The number of carbonyl (C=O) groups is 1. The molecule has 4 aromatic rings. The summed E-state index contributed by atoms with van der Waals surface area (Å²) in [6.45, 7) is 5.04. The standard InChI is InChI=1S/C32H36ClN5O3/c1-21-8-10-22(11-9-21)12-13-38-30-26(17-27(31(39)40-2)35-29(30)24-16-25(33)19-34-18-24)36-32(38)37-14-15-41-20-28(37)23-6-4-3-5-7-23/h3-7,16-19,21-22,28H,8-15,20H2,1-2H3. The third-order valence-electron chi connectivity index (χ3n) is 8.54. The van der Waals surface area contributed by atoms with Gasteiger partial charge in [-0.2, -0.15) is 0 Å². The molecule has 6 rings (SSSR count). The van der Waals surface area contributed by atoms with Crippen LogP contribution in [-0.2, 0) is 16.0 Å². The molecule has 1 unspecified atom stereocenters. The Labute approximate surface area is 245 Å². The smallest absolute Gasteiger partial charge is 0.356 e. The van der Waals surface area contributed by atoms with E-state index in [-0.39, 0.29) is 11.7 Å². The highest BCUT2D eigenvalue weighted by molar-refractivity contribution is 6.30. The van der Waals surface area contributed by atoms with Crippen molar-refractivity contribution in [3.05, 3.63) is 71.1 Å². The fourth-order valence-corrected chi connectivity index (χ4v) is 6.42. The maximum Gasteiger partial charge on any atom is 0.356 e. The predicted molar refractivity (Wildman–Crippen MR) is 160 cm³/mol. The molecule has 0 radical (unpaired) electrons. The summed E-state index contributed by atoms with van der Waals surface area (Å²) in [5.74, 6) is 1.83. The van der Waals surface area contributed by atoms with Crippen LogP contribution in [0, 0.1) is 11.8 Å². The van der Waals surface area contributed by atoms with E-state index in [1.165, 1.54) is 38.4 Å². The molecule has 8 nitrogen and oxygen atoms in total. The van der Waals surface area contributed by atoms with Crippen LogP contribution in [0.15, 0.2) is 54.9 Å². The molecule has 0 N–H and O–H groups in total. The summed E-state index contributed by atoms with van der Waals surface area (Å²) in [6.07, 6.45) is 9.45. The molecule has 3 aromatic heterocycles. The number of hydrogen-bond donors (Lipinski definition) is 0. The molecule has 9 heteroatoms.